The molecule has 1 aliphatic heterocycles. The fraction of sp³-hybridized carbons (Fsp3) is 0.174. The lowest BCUT2D eigenvalue weighted by Gasteiger charge is -2.34. The van der Waals surface area contributed by atoms with Gasteiger partial charge in [-0.2, -0.15) is 0 Å². The SMILES string of the molecule is COc1cccc(OC)c1OC(=O)C1c2ccccc2N(C)c2ccccc21. The van der Waals surface area contributed by atoms with Gasteiger partial charge in [-0.25, -0.2) is 0 Å². The summed E-state index contributed by atoms with van der Waals surface area (Å²) in [6.45, 7) is 0. The van der Waals surface area contributed by atoms with Crippen LogP contribution < -0.4 is 19.1 Å². The Hall–Kier alpha value is -3.47. The summed E-state index contributed by atoms with van der Waals surface area (Å²) in [5.41, 5.74) is 3.77. The highest BCUT2D eigenvalue weighted by atomic mass is 16.6. The predicted octanol–water partition coefficient (Wildman–Crippen LogP) is 4.52. The quantitative estimate of drug-likeness (QED) is 0.496. The molecule has 0 N–H and O–H groups in total. The molecule has 0 spiro atoms. The summed E-state index contributed by atoms with van der Waals surface area (Å²) in [7, 11) is 5.07. The van der Waals surface area contributed by atoms with Crippen LogP contribution in [0.5, 0.6) is 17.2 Å². The van der Waals surface area contributed by atoms with Gasteiger partial charge in [0, 0.05) is 18.4 Å². The number of benzene rings is 3. The van der Waals surface area contributed by atoms with Crippen LogP contribution in [0, 0.1) is 0 Å². The fourth-order valence-corrected chi connectivity index (χ4v) is 3.70. The second kappa shape index (κ2) is 7.27. The lowest BCUT2D eigenvalue weighted by Crippen LogP contribution is -2.28. The summed E-state index contributed by atoms with van der Waals surface area (Å²) in [5, 5.41) is 0. The van der Waals surface area contributed by atoms with Gasteiger partial charge in [-0.3, -0.25) is 4.79 Å². The molecule has 0 bridgehead atoms. The zero-order valence-electron chi connectivity index (χ0n) is 16.0. The van der Waals surface area contributed by atoms with E-state index in [-0.39, 0.29) is 11.7 Å². The number of carbonyl (C=O) groups excluding carboxylic acids is 1. The fourth-order valence-electron chi connectivity index (χ4n) is 3.70. The van der Waals surface area contributed by atoms with Gasteiger partial charge in [0.15, 0.2) is 11.5 Å². The molecule has 4 rings (SSSR count). The molecule has 5 nitrogen and oxygen atoms in total. The third-order valence-corrected chi connectivity index (χ3v) is 5.04. The predicted molar refractivity (Wildman–Crippen MR) is 108 cm³/mol. The Bertz CT molecular complexity index is 961. The van der Waals surface area contributed by atoms with Gasteiger partial charge < -0.3 is 19.1 Å². The van der Waals surface area contributed by atoms with Crippen molar-refractivity contribution in [2.24, 2.45) is 0 Å². The highest BCUT2D eigenvalue weighted by Gasteiger charge is 2.35. The molecule has 0 saturated heterocycles. The van der Waals surface area contributed by atoms with E-state index in [9.17, 15) is 4.79 Å². The molecule has 1 aliphatic rings. The third kappa shape index (κ3) is 2.85. The van der Waals surface area contributed by atoms with E-state index in [4.69, 9.17) is 14.2 Å². The Kier molecular flexibility index (Phi) is 4.65. The molecule has 0 fully saturated rings. The van der Waals surface area contributed by atoms with Gasteiger partial charge in [-0.15, -0.1) is 0 Å². The van der Waals surface area contributed by atoms with Gasteiger partial charge in [0.05, 0.1) is 14.2 Å². The summed E-state index contributed by atoms with van der Waals surface area (Å²) in [4.78, 5) is 15.5. The van der Waals surface area contributed by atoms with E-state index in [0.29, 0.717) is 11.5 Å². The van der Waals surface area contributed by atoms with Crippen molar-refractivity contribution in [3.63, 3.8) is 0 Å². The number of anilines is 2. The van der Waals surface area contributed by atoms with Crippen molar-refractivity contribution in [3.8, 4) is 17.2 Å². The number of methoxy groups -OCH3 is 2. The molecular formula is C23H21NO4. The van der Waals surface area contributed by atoms with Crippen molar-refractivity contribution >= 4 is 17.3 Å². The van der Waals surface area contributed by atoms with Crippen molar-refractivity contribution in [2.45, 2.75) is 5.92 Å². The number of hydrogen-bond acceptors (Lipinski definition) is 5. The van der Waals surface area contributed by atoms with Gasteiger partial charge in [0.1, 0.15) is 5.92 Å². The van der Waals surface area contributed by atoms with Crippen LogP contribution in [0.3, 0.4) is 0 Å². The second-order valence-corrected chi connectivity index (χ2v) is 6.52. The molecule has 3 aromatic carbocycles. The number of esters is 1. The lowest BCUT2D eigenvalue weighted by atomic mass is 9.85. The average molecular weight is 375 g/mol. The molecule has 3 aromatic rings. The number of rotatable bonds is 4. The molecule has 0 amide bonds. The molecule has 0 atom stereocenters. The van der Waals surface area contributed by atoms with Gasteiger partial charge in [0.2, 0.25) is 5.75 Å². The van der Waals surface area contributed by atoms with Crippen molar-refractivity contribution < 1.29 is 19.0 Å². The van der Waals surface area contributed by atoms with E-state index in [2.05, 4.69) is 4.90 Å². The van der Waals surface area contributed by atoms with E-state index in [1.807, 2.05) is 55.6 Å². The first-order chi connectivity index (χ1) is 13.7. The molecule has 0 aliphatic carbocycles. The largest absolute Gasteiger partial charge is 0.493 e. The number of nitrogens with zero attached hydrogens (tertiary/aromatic N) is 1. The summed E-state index contributed by atoms with van der Waals surface area (Å²) in [5.74, 6) is 0.254. The van der Waals surface area contributed by atoms with Crippen LogP contribution in [0.15, 0.2) is 66.7 Å². The van der Waals surface area contributed by atoms with E-state index in [1.165, 1.54) is 14.2 Å². The highest BCUT2D eigenvalue weighted by molar-refractivity contribution is 5.92. The van der Waals surface area contributed by atoms with Crippen molar-refractivity contribution in [3.05, 3.63) is 77.9 Å². The number of fused-ring (bicyclic) bond motifs is 2. The third-order valence-electron chi connectivity index (χ3n) is 5.04. The molecule has 0 radical (unpaired) electrons. The number of ether oxygens (including phenoxy) is 3. The normalized spacial score (nSPS) is 12.8. The Labute approximate surface area is 164 Å². The summed E-state index contributed by atoms with van der Waals surface area (Å²) >= 11 is 0. The minimum absolute atomic E-state index is 0.284. The van der Waals surface area contributed by atoms with Gasteiger partial charge in [0.25, 0.3) is 0 Å². The average Bonchev–Trinajstić information content (AvgIpc) is 2.74. The summed E-state index contributed by atoms with van der Waals surface area (Å²) in [6.07, 6.45) is 0. The van der Waals surface area contributed by atoms with Crippen LogP contribution in [-0.2, 0) is 4.79 Å². The monoisotopic (exact) mass is 375 g/mol. The first kappa shape index (κ1) is 17.9. The second-order valence-electron chi connectivity index (χ2n) is 6.52. The van der Waals surface area contributed by atoms with E-state index < -0.39 is 5.92 Å². The zero-order valence-corrected chi connectivity index (χ0v) is 16.0. The maximum atomic E-state index is 13.4. The highest BCUT2D eigenvalue weighted by Crippen LogP contribution is 2.46. The standard InChI is InChI=1S/C23H21NO4/c1-24-17-11-6-4-9-15(17)21(16-10-5-7-12-18(16)24)23(25)28-22-19(26-2)13-8-14-20(22)27-3/h4-14,21H,1-3H3. The lowest BCUT2D eigenvalue weighted by molar-refractivity contribution is -0.135. The van der Waals surface area contributed by atoms with Crippen LogP contribution in [0.2, 0.25) is 0 Å². The number of hydrogen-bond donors (Lipinski definition) is 0. The maximum Gasteiger partial charge on any atom is 0.323 e. The molecule has 28 heavy (non-hydrogen) atoms. The Morgan fingerprint density at radius 1 is 0.786 bits per heavy atom. The first-order valence-corrected chi connectivity index (χ1v) is 9.00. The zero-order chi connectivity index (χ0) is 19.7. The van der Waals surface area contributed by atoms with E-state index in [0.717, 1.165) is 22.5 Å². The van der Waals surface area contributed by atoms with E-state index in [1.54, 1.807) is 18.2 Å². The molecule has 1 heterocycles. The Morgan fingerprint density at radius 3 is 1.79 bits per heavy atom. The minimum Gasteiger partial charge on any atom is -0.493 e. The Morgan fingerprint density at radius 2 is 1.29 bits per heavy atom. The number of para-hydroxylation sites is 3. The minimum atomic E-state index is -0.543. The number of carbonyl (C=O) groups is 1. The summed E-state index contributed by atoms with van der Waals surface area (Å²) < 4.78 is 16.6. The van der Waals surface area contributed by atoms with Crippen LogP contribution in [0.25, 0.3) is 0 Å². The van der Waals surface area contributed by atoms with Crippen molar-refractivity contribution in [1.82, 2.24) is 0 Å². The maximum absolute atomic E-state index is 13.4. The molecule has 0 unspecified atom stereocenters. The molecule has 142 valence electrons. The molecule has 0 aromatic heterocycles. The molecular weight excluding hydrogens is 354 g/mol. The van der Waals surface area contributed by atoms with Gasteiger partial charge in [-0.05, 0) is 35.4 Å². The van der Waals surface area contributed by atoms with Gasteiger partial charge >= 0.3 is 5.97 Å². The smallest absolute Gasteiger partial charge is 0.323 e. The van der Waals surface area contributed by atoms with Crippen LogP contribution in [0.1, 0.15) is 17.0 Å². The molecule has 5 heteroatoms. The van der Waals surface area contributed by atoms with Crippen LogP contribution in [0.4, 0.5) is 11.4 Å². The Balaban J connectivity index is 1.80. The van der Waals surface area contributed by atoms with Gasteiger partial charge in [-0.1, -0.05) is 42.5 Å². The molecule has 0 saturated carbocycles. The van der Waals surface area contributed by atoms with Crippen LogP contribution >= 0.6 is 0 Å². The summed E-state index contributed by atoms with van der Waals surface area (Å²) in [6, 6.07) is 21.0. The van der Waals surface area contributed by atoms with E-state index >= 15 is 0 Å². The first-order valence-electron chi connectivity index (χ1n) is 9.00. The van der Waals surface area contributed by atoms with Crippen LogP contribution in [-0.4, -0.2) is 27.2 Å². The van der Waals surface area contributed by atoms with Crippen molar-refractivity contribution in [2.75, 3.05) is 26.2 Å². The topological polar surface area (TPSA) is 48.0 Å². The van der Waals surface area contributed by atoms with Crippen molar-refractivity contribution in [1.29, 1.82) is 0 Å².